The molecular formula is C28H32N10O2. The van der Waals surface area contributed by atoms with Crippen molar-refractivity contribution < 1.29 is 9.53 Å². The molecule has 1 saturated heterocycles. The molecule has 1 fully saturated rings. The number of carbonyl (C=O) groups is 1. The van der Waals surface area contributed by atoms with Gasteiger partial charge in [0, 0.05) is 68.4 Å². The molecule has 12 heteroatoms. The summed E-state index contributed by atoms with van der Waals surface area (Å²) in [4.78, 5) is 26.6. The van der Waals surface area contributed by atoms with E-state index in [1.54, 1.807) is 4.68 Å². The van der Waals surface area contributed by atoms with Crippen molar-refractivity contribution in [2.24, 2.45) is 0 Å². The number of morpholine rings is 1. The van der Waals surface area contributed by atoms with Gasteiger partial charge in [0.15, 0.2) is 0 Å². The minimum Gasteiger partial charge on any atom is -0.379 e. The summed E-state index contributed by atoms with van der Waals surface area (Å²) in [6, 6.07) is 8.85. The van der Waals surface area contributed by atoms with Gasteiger partial charge in [0.1, 0.15) is 12.2 Å². The summed E-state index contributed by atoms with van der Waals surface area (Å²) in [5.74, 6) is 0.630. The average Bonchev–Trinajstić information content (AvgIpc) is 3.72. The predicted molar refractivity (Wildman–Crippen MR) is 146 cm³/mol. The number of anilines is 1. The van der Waals surface area contributed by atoms with E-state index in [0.717, 1.165) is 60.6 Å². The molecule has 206 valence electrons. The van der Waals surface area contributed by atoms with Crippen molar-refractivity contribution in [2.75, 3.05) is 38.2 Å². The lowest BCUT2D eigenvalue weighted by atomic mass is 10.1. The van der Waals surface area contributed by atoms with Crippen LogP contribution in [0.4, 0.5) is 5.95 Å². The van der Waals surface area contributed by atoms with Crippen LogP contribution in [0.3, 0.4) is 0 Å². The number of hydrogen-bond acceptors (Lipinski definition) is 9. The summed E-state index contributed by atoms with van der Waals surface area (Å²) < 4.78 is 7.27. The van der Waals surface area contributed by atoms with E-state index >= 15 is 0 Å². The molecule has 2 aliphatic heterocycles. The highest BCUT2D eigenvalue weighted by atomic mass is 16.5. The van der Waals surface area contributed by atoms with E-state index in [2.05, 4.69) is 59.9 Å². The summed E-state index contributed by atoms with van der Waals surface area (Å²) >= 11 is 0. The molecule has 12 nitrogen and oxygen atoms in total. The van der Waals surface area contributed by atoms with Crippen LogP contribution in [0.1, 0.15) is 28.2 Å². The molecule has 1 aliphatic carbocycles. The highest BCUT2D eigenvalue weighted by molar-refractivity contribution is 5.76. The van der Waals surface area contributed by atoms with E-state index in [9.17, 15) is 4.79 Å². The molecule has 0 radical (unpaired) electrons. The monoisotopic (exact) mass is 540 g/mol. The molecule has 0 bridgehead atoms. The largest absolute Gasteiger partial charge is 0.379 e. The number of hydrogen-bond donors (Lipinski definition) is 2. The van der Waals surface area contributed by atoms with Gasteiger partial charge in [-0.25, -0.2) is 9.97 Å². The van der Waals surface area contributed by atoms with Crippen molar-refractivity contribution in [3.8, 4) is 11.1 Å². The Balaban J connectivity index is 1.08. The molecule has 3 aromatic heterocycles. The van der Waals surface area contributed by atoms with E-state index in [0.29, 0.717) is 38.8 Å². The molecule has 4 aromatic rings. The van der Waals surface area contributed by atoms with Crippen molar-refractivity contribution in [1.82, 2.24) is 45.0 Å². The predicted octanol–water partition coefficient (Wildman–Crippen LogP) is 1.45. The number of nitrogens with one attached hydrogen (secondary N) is 2. The van der Waals surface area contributed by atoms with E-state index in [4.69, 9.17) is 9.84 Å². The van der Waals surface area contributed by atoms with Crippen LogP contribution in [0, 0.1) is 0 Å². The number of fused-ring (bicyclic) bond motifs is 2. The summed E-state index contributed by atoms with van der Waals surface area (Å²) in [6.45, 7) is 5.05. The van der Waals surface area contributed by atoms with Crippen LogP contribution in [-0.4, -0.2) is 89.8 Å². The number of amides is 1. The van der Waals surface area contributed by atoms with Gasteiger partial charge in [0.2, 0.25) is 11.9 Å². The van der Waals surface area contributed by atoms with Gasteiger partial charge in [-0.05, 0) is 24.0 Å². The number of nitrogens with zero attached hydrogens (tertiary/aromatic N) is 8. The number of ether oxygens (including phenoxy) is 1. The molecule has 0 unspecified atom stereocenters. The first-order chi connectivity index (χ1) is 19.7. The molecule has 0 atom stereocenters. The third-order valence-corrected chi connectivity index (χ3v) is 7.99. The van der Waals surface area contributed by atoms with E-state index in [1.165, 1.54) is 11.1 Å². The number of carbonyl (C=O) groups excluding carboxylic acids is 1. The molecule has 0 saturated carbocycles. The lowest BCUT2D eigenvalue weighted by molar-refractivity contribution is -0.133. The first-order valence-corrected chi connectivity index (χ1v) is 13.9. The van der Waals surface area contributed by atoms with Crippen LogP contribution < -0.4 is 5.32 Å². The summed E-state index contributed by atoms with van der Waals surface area (Å²) in [5, 5.41) is 19.2. The maximum absolute atomic E-state index is 13.2. The fraction of sp³-hybridized carbons (Fsp3) is 0.429. The van der Waals surface area contributed by atoms with Gasteiger partial charge >= 0.3 is 0 Å². The van der Waals surface area contributed by atoms with Gasteiger partial charge in [0.05, 0.1) is 31.1 Å². The molecule has 1 amide bonds. The molecule has 0 spiro atoms. The number of H-pyrrole nitrogens is 1. The zero-order valence-corrected chi connectivity index (χ0v) is 22.3. The van der Waals surface area contributed by atoms with Crippen molar-refractivity contribution in [3.05, 3.63) is 71.1 Å². The van der Waals surface area contributed by atoms with Gasteiger partial charge in [-0.15, -0.1) is 5.10 Å². The Morgan fingerprint density at radius 1 is 1.07 bits per heavy atom. The Bertz CT molecular complexity index is 1470. The van der Waals surface area contributed by atoms with Gasteiger partial charge < -0.3 is 15.0 Å². The summed E-state index contributed by atoms with van der Waals surface area (Å²) in [6.07, 6.45) is 8.31. The lowest BCUT2D eigenvalue weighted by Crippen LogP contribution is -2.38. The molecule has 5 heterocycles. The number of rotatable bonds is 7. The topological polar surface area (TPSA) is 130 Å². The van der Waals surface area contributed by atoms with Crippen LogP contribution in [0.2, 0.25) is 0 Å². The average molecular weight is 541 g/mol. The second-order valence-electron chi connectivity index (χ2n) is 10.7. The van der Waals surface area contributed by atoms with Crippen LogP contribution in [0.15, 0.2) is 42.9 Å². The zero-order chi connectivity index (χ0) is 26.9. The van der Waals surface area contributed by atoms with Crippen LogP contribution in [0.25, 0.3) is 11.1 Å². The van der Waals surface area contributed by atoms with E-state index in [-0.39, 0.29) is 18.5 Å². The third kappa shape index (κ3) is 5.19. The molecule has 3 aliphatic rings. The summed E-state index contributed by atoms with van der Waals surface area (Å²) in [5.41, 5.74) is 7.34. The maximum Gasteiger partial charge on any atom is 0.244 e. The summed E-state index contributed by atoms with van der Waals surface area (Å²) in [7, 11) is 0. The minimum atomic E-state index is 0.00832. The standard InChI is InChI=1S/C28H32N10O2/c39-27(37-6-5-24-26(17-37)33-35-32-24)18-38-15-23(25(34-38)16-36-7-9-40-10-8-36)21-13-29-28(30-14-21)31-22-11-19-3-1-2-4-20(19)12-22/h1-4,13-15,22H,5-12,16-18H2,(H,29,30,31)(H,32,33,35). The smallest absolute Gasteiger partial charge is 0.244 e. The second kappa shape index (κ2) is 10.8. The first-order valence-electron chi connectivity index (χ1n) is 13.9. The highest BCUT2D eigenvalue weighted by Gasteiger charge is 2.25. The van der Waals surface area contributed by atoms with Gasteiger partial charge in [-0.2, -0.15) is 5.10 Å². The Labute approximate surface area is 231 Å². The Kier molecular flexibility index (Phi) is 6.70. The number of aromatic nitrogens is 7. The molecular weight excluding hydrogens is 508 g/mol. The molecule has 40 heavy (non-hydrogen) atoms. The fourth-order valence-electron chi connectivity index (χ4n) is 5.81. The second-order valence-corrected chi connectivity index (χ2v) is 10.7. The highest BCUT2D eigenvalue weighted by Crippen LogP contribution is 2.26. The van der Waals surface area contributed by atoms with Crippen molar-refractivity contribution in [3.63, 3.8) is 0 Å². The van der Waals surface area contributed by atoms with Gasteiger partial charge in [-0.3, -0.25) is 19.5 Å². The molecule has 2 N–H and O–H groups in total. The lowest BCUT2D eigenvalue weighted by Gasteiger charge is -2.26. The SMILES string of the molecule is O=C(Cn1cc(-c2cnc(NC3Cc4ccccc4C3)nc2)c(CN2CCOCC2)n1)N1CCc2[nH]nnc2C1. The van der Waals surface area contributed by atoms with Crippen molar-refractivity contribution in [1.29, 1.82) is 0 Å². The van der Waals surface area contributed by atoms with Crippen molar-refractivity contribution in [2.45, 2.75) is 44.9 Å². The van der Waals surface area contributed by atoms with Crippen LogP contribution in [-0.2, 0) is 48.4 Å². The minimum absolute atomic E-state index is 0.00832. The normalized spacial score (nSPS) is 17.6. The maximum atomic E-state index is 13.2. The quantitative estimate of drug-likeness (QED) is 0.358. The van der Waals surface area contributed by atoms with E-state index in [1.807, 2.05) is 23.5 Å². The van der Waals surface area contributed by atoms with Crippen LogP contribution in [0.5, 0.6) is 0 Å². The molecule has 1 aromatic carbocycles. The first kappa shape index (κ1) is 24.9. The Morgan fingerprint density at radius 2 is 1.85 bits per heavy atom. The van der Waals surface area contributed by atoms with E-state index < -0.39 is 0 Å². The number of aromatic amines is 1. The van der Waals surface area contributed by atoms with Crippen LogP contribution >= 0.6 is 0 Å². The Morgan fingerprint density at radius 3 is 2.62 bits per heavy atom. The zero-order valence-electron chi connectivity index (χ0n) is 22.3. The third-order valence-electron chi connectivity index (χ3n) is 7.99. The fourth-order valence-corrected chi connectivity index (χ4v) is 5.81. The van der Waals surface area contributed by atoms with Gasteiger partial charge in [0.25, 0.3) is 0 Å². The van der Waals surface area contributed by atoms with Gasteiger partial charge in [-0.1, -0.05) is 29.5 Å². The number of benzene rings is 1. The Hall–Kier alpha value is -4.16. The molecule has 7 rings (SSSR count). The van der Waals surface area contributed by atoms with Crippen molar-refractivity contribution >= 4 is 11.9 Å².